The number of hydrazine groups is 1. The lowest BCUT2D eigenvalue weighted by Gasteiger charge is -2.33. The van der Waals surface area contributed by atoms with Crippen LogP contribution in [0.15, 0.2) is 6.07 Å². The summed E-state index contributed by atoms with van der Waals surface area (Å²) in [7, 11) is 0. The second-order valence-electron chi connectivity index (χ2n) is 4.52. The first-order chi connectivity index (χ1) is 8.38. The lowest BCUT2D eigenvalue weighted by Crippen LogP contribution is -2.34. The third-order valence-corrected chi connectivity index (χ3v) is 2.87. The molecule has 1 fully saturated rings. The molecule has 8 heteroatoms. The van der Waals surface area contributed by atoms with E-state index in [9.17, 15) is 13.2 Å². The summed E-state index contributed by atoms with van der Waals surface area (Å²) in [5.41, 5.74) is 1.02. The van der Waals surface area contributed by atoms with Crippen molar-refractivity contribution in [3.05, 3.63) is 11.8 Å². The Morgan fingerprint density at radius 3 is 2.50 bits per heavy atom. The van der Waals surface area contributed by atoms with Gasteiger partial charge in [-0.25, -0.2) is 10.8 Å². The molecule has 0 bridgehead atoms. The summed E-state index contributed by atoms with van der Waals surface area (Å²) < 4.78 is 37.8. The van der Waals surface area contributed by atoms with Crippen molar-refractivity contribution in [1.29, 1.82) is 0 Å². The minimum absolute atomic E-state index is 0.141. The highest BCUT2D eigenvalue weighted by molar-refractivity contribution is 5.43. The van der Waals surface area contributed by atoms with Gasteiger partial charge in [0.05, 0.1) is 0 Å². The molecule has 1 heterocycles. The molecule has 4 N–H and O–H groups in total. The molecule has 18 heavy (non-hydrogen) atoms. The summed E-state index contributed by atoms with van der Waals surface area (Å²) in [6, 6.07) is 1.06. The van der Waals surface area contributed by atoms with Crippen LogP contribution in [-0.4, -0.2) is 16.0 Å². The van der Waals surface area contributed by atoms with E-state index in [1.807, 2.05) is 5.43 Å². The van der Waals surface area contributed by atoms with Crippen LogP contribution in [0.4, 0.5) is 24.9 Å². The molecule has 1 aliphatic rings. The molecule has 0 radical (unpaired) electrons. The number of nitrogens with one attached hydrogen (secondary N) is 2. The molecular weight excluding hydrogens is 247 g/mol. The van der Waals surface area contributed by atoms with Gasteiger partial charge in [-0.2, -0.15) is 18.2 Å². The van der Waals surface area contributed by atoms with Crippen LogP contribution < -0.4 is 16.6 Å². The van der Waals surface area contributed by atoms with Crippen molar-refractivity contribution in [2.75, 3.05) is 10.7 Å². The fourth-order valence-corrected chi connectivity index (χ4v) is 1.96. The highest BCUT2D eigenvalue weighted by Crippen LogP contribution is 2.32. The van der Waals surface area contributed by atoms with Crippen LogP contribution >= 0.6 is 0 Å². The zero-order valence-corrected chi connectivity index (χ0v) is 9.75. The Labute approximate surface area is 102 Å². The minimum Gasteiger partial charge on any atom is -0.367 e. The lowest BCUT2D eigenvalue weighted by atomic mass is 9.82. The summed E-state index contributed by atoms with van der Waals surface area (Å²) in [5, 5.41) is 2.95. The van der Waals surface area contributed by atoms with E-state index in [4.69, 9.17) is 5.84 Å². The van der Waals surface area contributed by atoms with E-state index in [0.29, 0.717) is 5.92 Å². The summed E-state index contributed by atoms with van der Waals surface area (Å²) in [6.45, 7) is 2.09. The molecule has 5 nitrogen and oxygen atoms in total. The van der Waals surface area contributed by atoms with Crippen molar-refractivity contribution in [3.63, 3.8) is 0 Å². The van der Waals surface area contributed by atoms with Gasteiger partial charge in [-0.05, 0) is 18.8 Å². The Hall–Kier alpha value is -1.57. The van der Waals surface area contributed by atoms with Gasteiger partial charge in [0.1, 0.15) is 5.82 Å². The minimum atomic E-state index is -4.52. The van der Waals surface area contributed by atoms with Gasteiger partial charge >= 0.3 is 6.18 Å². The number of nitrogen functional groups attached to an aromatic ring is 1. The van der Waals surface area contributed by atoms with E-state index >= 15 is 0 Å². The molecule has 0 aromatic carbocycles. The van der Waals surface area contributed by atoms with Gasteiger partial charge < -0.3 is 5.32 Å². The Balaban J connectivity index is 2.18. The van der Waals surface area contributed by atoms with Crippen LogP contribution in [0.25, 0.3) is 0 Å². The molecule has 1 aromatic heterocycles. The molecule has 1 aliphatic carbocycles. The molecule has 1 aromatic rings. The predicted molar refractivity (Wildman–Crippen MR) is 60.7 cm³/mol. The number of halogens is 3. The zero-order valence-electron chi connectivity index (χ0n) is 9.75. The highest BCUT2D eigenvalue weighted by atomic mass is 19.4. The average molecular weight is 261 g/mol. The number of anilines is 2. The smallest absolute Gasteiger partial charge is 0.367 e. The third kappa shape index (κ3) is 2.81. The molecule has 0 atom stereocenters. The van der Waals surface area contributed by atoms with Crippen LogP contribution in [0.1, 0.15) is 25.5 Å². The summed E-state index contributed by atoms with van der Waals surface area (Å²) in [4.78, 5) is 7.13. The fraction of sp³-hybridized carbons (Fsp3) is 0.600. The first kappa shape index (κ1) is 12.9. The number of hydrogen-bond donors (Lipinski definition) is 3. The van der Waals surface area contributed by atoms with E-state index in [1.54, 1.807) is 0 Å². The van der Waals surface area contributed by atoms with Crippen LogP contribution in [0, 0.1) is 5.92 Å². The molecule has 0 spiro atoms. The Morgan fingerprint density at radius 2 is 2.00 bits per heavy atom. The number of nitrogens with zero attached hydrogens (tertiary/aromatic N) is 2. The van der Waals surface area contributed by atoms with Gasteiger partial charge in [-0.15, -0.1) is 0 Å². The molecule has 0 saturated heterocycles. The van der Waals surface area contributed by atoms with Gasteiger partial charge in [-0.1, -0.05) is 6.92 Å². The number of aromatic nitrogens is 2. The van der Waals surface area contributed by atoms with Gasteiger partial charge in [0.25, 0.3) is 0 Å². The fourth-order valence-electron chi connectivity index (χ4n) is 1.96. The van der Waals surface area contributed by atoms with Crippen molar-refractivity contribution < 1.29 is 13.2 Å². The van der Waals surface area contributed by atoms with Gasteiger partial charge in [-0.3, -0.25) is 5.43 Å². The number of rotatable bonds is 3. The van der Waals surface area contributed by atoms with E-state index < -0.39 is 11.9 Å². The van der Waals surface area contributed by atoms with Crippen molar-refractivity contribution in [3.8, 4) is 0 Å². The summed E-state index contributed by atoms with van der Waals surface area (Å²) in [5.74, 6) is 5.55. The van der Waals surface area contributed by atoms with Crippen LogP contribution in [0.3, 0.4) is 0 Å². The van der Waals surface area contributed by atoms with Crippen molar-refractivity contribution in [2.24, 2.45) is 11.8 Å². The van der Waals surface area contributed by atoms with E-state index in [-0.39, 0.29) is 17.8 Å². The maximum Gasteiger partial charge on any atom is 0.433 e. The lowest BCUT2D eigenvalue weighted by molar-refractivity contribution is -0.141. The maximum absolute atomic E-state index is 12.6. The SMILES string of the molecule is CC1CC(Nc2cc(C(F)(F)F)nc(NN)n2)C1. The zero-order chi connectivity index (χ0) is 13.3. The van der Waals surface area contributed by atoms with Crippen LogP contribution in [0.5, 0.6) is 0 Å². The Kier molecular flexibility index (Phi) is 3.29. The normalized spacial score (nSPS) is 23.4. The van der Waals surface area contributed by atoms with E-state index in [2.05, 4.69) is 22.2 Å². The maximum atomic E-state index is 12.6. The molecule has 100 valence electrons. The number of hydrogen-bond acceptors (Lipinski definition) is 5. The van der Waals surface area contributed by atoms with Gasteiger partial charge in [0, 0.05) is 12.1 Å². The quantitative estimate of drug-likeness (QED) is 0.573. The molecule has 1 saturated carbocycles. The number of alkyl halides is 3. The highest BCUT2D eigenvalue weighted by Gasteiger charge is 2.34. The van der Waals surface area contributed by atoms with Crippen molar-refractivity contribution in [1.82, 2.24) is 9.97 Å². The first-order valence-electron chi connectivity index (χ1n) is 5.58. The molecule has 0 aliphatic heterocycles. The molecule has 0 unspecified atom stereocenters. The predicted octanol–water partition coefficient (Wildman–Crippen LogP) is 1.99. The summed E-state index contributed by atoms with van der Waals surface area (Å²) >= 11 is 0. The van der Waals surface area contributed by atoms with Gasteiger partial charge in [0.2, 0.25) is 5.95 Å². The largest absolute Gasteiger partial charge is 0.433 e. The van der Waals surface area contributed by atoms with E-state index in [1.165, 1.54) is 0 Å². The number of nitrogens with two attached hydrogens (primary N) is 1. The first-order valence-corrected chi connectivity index (χ1v) is 5.58. The monoisotopic (exact) mass is 261 g/mol. The molecule has 0 amide bonds. The van der Waals surface area contributed by atoms with Crippen molar-refractivity contribution in [2.45, 2.75) is 32.0 Å². The Morgan fingerprint density at radius 1 is 1.33 bits per heavy atom. The van der Waals surface area contributed by atoms with E-state index in [0.717, 1.165) is 18.9 Å². The standard InChI is InChI=1S/C10H14F3N5/c1-5-2-6(3-5)15-8-4-7(10(11,12)13)16-9(17-8)18-14/h4-6H,2-3,14H2,1H3,(H2,15,16,17,18). The second kappa shape index (κ2) is 4.60. The van der Waals surface area contributed by atoms with Crippen LogP contribution in [-0.2, 0) is 6.18 Å². The third-order valence-electron chi connectivity index (χ3n) is 2.87. The Bertz CT molecular complexity index is 428. The summed E-state index contributed by atoms with van der Waals surface area (Å²) in [6.07, 6.45) is -2.66. The van der Waals surface area contributed by atoms with Gasteiger partial charge in [0.15, 0.2) is 5.69 Å². The molecule has 2 rings (SSSR count). The second-order valence-corrected chi connectivity index (χ2v) is 4.52. The van der Waals surface area contributed by atoms with Crippen molar-refractivity contribution >= 4 is 11.8 Å². The average Bonchev–Trinajstić information content (AvgIpc) is 2.25. The topological polar surface area (TPSA) is 75.9 Å². The molecular formula is C10H14F3N5. The van der Waals surface area contributed by atoms with Crippen LogP contribution in [0.2, 0.25) is 0 Å².